The Hall–Kier alpha value is -3.00. The van der Waals surface area contributed by atoms with Crippen LogP contribution in [-0.2, 0) is 16.0 Å². The molecule has 1 aromatic heterocycles. The Labute approximate surface area is 162 Å². The third kappa shape index (κ3) is 3.31. The number of hydrogen-bond acceptors (Lipinski definition) is 6. The summed E-state index contributed by atoms with van der Waals surface area (Å²) in [5, 5.41) is 16.5. The summed E-state index contributed by atoms with van der Waals surface area (Å²) >= 11 is 0. The van der Waals surface area contributed by atoms with E-state index < -0.39 is 23.4 Å². The standard InChI is InChI=1S/C20H24N2O6/c1-5-8-28-19(24)17-15(11-6-7-13(26-3)14(9-11)27-4)16-12(10-20(17,2)25)21-22-18(16)23/h5-7,9,15,17,25H,1,8,10H2,2-4H3,(H2,21,22,23)/t15-,17+,20+/m0/s1. The van der Waals surface area contributed by atoms with Crippen LogP contribution in [0, 0.1) is 5.92 Å². The van der Waals surface area contributed by atoms with Gasteiger partial charge in [-0.1, -0.05) is 18.7 Å². The molecule has 0 saturated carbocycles. The first-order chi connectivity index (χ1) is 13.3. The average Bonchev–Trinajstić information content (AvgIpc) is 3.03. The molecule has 0 radical (unpaired) electrons. The summed E-state index contributed by atoms with van der Waals surface area (Å²) in [5.41, 5.74) is -0.188. The molecule has 1 aliphatic carbocycles. The fourth-order valence-electron chi connectivity index (χ4n) is 3.89. The molecule has 0 fully saturated rings. The van der Waals surface area contributed by atoms with Gasteiger partial charge in [-0.25, -0.2) is 0 Å². The zero-order valence-corrected chi connectivity index (χ0v) is 16.1. The van der Waals surface area contributed by atoms with Crippen molar-refractivity contribution in [3.63, 3.8) is 0 Å². The molecule has 0 bridgehead atoms. The second-order valence-electron chi connectivity index (χ2n) is 6.99. The molecule has 0 saturated heterocycles. The van der Waals surface area contributed by atoms with Gasteiger partial charge in [0.25, 0.3) is 5.56 Å². The van der Waals surface area contributed by atoms with Crippen molar-refractivity contribution in [1.29, 1.82) is 0 Å². The molecule has 150 valence electrons. The summed E-state index contributed by atoms with van der Waals surface area (Å²) in [5.74, 6) is -1.35. The normalized spacial score (nSPS) is 23.6. The molecule has 1 aromatic carbocycles. The van der Waals surface area contributed by atoms with Crippen LogP contribution in [0.2, 0.25) is 0 Å². The molecule has 1 aliphatic rings. The largest absolute Gasteiger partial charge is 0.493 e. The number of nitrogens with one attached hydrogen (secondary N) is 2. The van der Waals surface area contributed by atoms with E-state index in [1.165, 1.54) is 20.3 Å². The fraction of sp³-hybridized carbons (Fsp3) is 0.400. The number of ether oxygens (including phenoxy) is 3. The number of hydrogen-bond donors (Lipinski definition) is 3. The third-order valence-corrected chi connectivity index (χ3v) is 5.11. The summed E-state index contributed by atoms with van der Waals surface area (Å²) in [7, 11) is 3.02. The lowest BCUT2D eigenvalue weighted by molar-refractivity contribution is -0.158. The van der Waals surface area contributed by atoms with Gasteiger partial charge in [0.2, 0.25) is 0 Å². The van der Waals surface area contributed by atoms with Gasteiger partial charge in [-0.05, 0) is 24.6 Å². The minimum Gasteiger partial charge on any atom is -0.493 e. The van der Waals surface area contributed by atoms with E-state index in [1.54, 1.807) is 25.1 Å². The Morgan fingerprint density at radius 2 is 2.04 bits per heavy atom. The highest BCUT2D eigenvalue weighted by Crippen LogP contribution is 2.46. The highest BCUT2D eigenvalue weighted by atomic mass is 16.5. The molecule has 0 amide bonds. The number of rotatable bonds is 6. The molecule has 28 heavy (non-hydrogen) atoms. The molecule has 8 nitrogen and oxygen atoms in total. The second-order valence-corrected chi connectivity index (χ2v) is 6.99. The summed E-state index contributed by atoms with van der Waals surface area (Å²) in [6.45, 7) is 5.12. The van der Waals surface area contributed by atoms with Crippen molar-refractivity contribution in [2.24, 2.45) is 5.92 Å². The van der Waals surface area contributed by atoms with Crippen LogP contribution in [0.3, 0.4) is 0 Å². The van der Waals surface area contributed by atoms with Crippen molar-refractivity contribution in [3.05, 3.63) is 58.0 Å². The van der Waals surface area contributed by atoms with Crippen molar-refractivity contribution in [2.75, 3.05) is 20.8 Å². The van der Waals surface area contributed by atoms with Crippen molar-refractivity contribution in [2.45, 2.75) is 24.9 Å². The van der Waals surface area contributed by atoms with Crippen LogP contribution < -0.4 is 15.0 Å². The van der Waals surface area contributed by atoms with Crippen LogP contribution in [-0.4, -0.2) is 47.7 Å². The van der Waals surface area contributed by atoms with Crippen molar-refractivity contribution >= 4 is 5.97 Å². The zero-order chi connectivity index (χ0) is 20.5. The van der Waals surface area contributed by atoms with Crippen LogP contribution in [0.25, 0.3) is 0 Å². The number of aromatic amines is 2. The highest BCUT2D eigenvalue weighted by molar-refractivity contribution is 5.77. The van der Waals surface area contributed by atoms with Gasteiger partial charge in [0.15, 0.2) is 11.5 Å². The zero-order valence-electron chi connectivity index (χ0n) is 16.1. The molecular weight excluding hydrogens is 364 g/mol. The average molecular weight is 388 g/mol. The number of aromatic nitrogens is 2. The predicted octanol–water partition coefficient (Wildman–Crippen LogP) is 1.50. The fourth-order valence-corrected chi connectivity index (χ4v) is 3.89. The molecule has 0 spiro atoms. The Morgan fingerprint density at radius 1 is 1.32 bits per heavy atom. The molecule has 0 unspecified atom stereocenters. The van der Waals surface area contributed by atoms with E-state index in [0.717, 1.165) is 0 Å². The first kappa shape index (κ1) is 19.8. The molecular formula is C20H24N2O6. The molecule has 3 atom stereocenters. The minimum absolute atomic E-state index is 0.0143. The van der Waals surface area contributed by atoms with E-state index >= 15 is 0 Å². The highest BCUT2D eigenvalue weighted by Gasteiger charge is 2.51. The van der Waals surface area contributed by atoms with Crippen LogP contribution in [0.5, 0.6) is 11.5 Å². The van der Waals surface area contributed by atoms with Crippen molar-refractivity contribution < 1.29 is 24.1 Å². The minimum atomic E-state index is -1.44. The molecule has 3 rings (SSSR count). The second kappa shape index (κ2) is 7.55. The Morgan fingerprint density at radius 3 is 2.68 bits per heavy atom. The van der Waals surface area contributed by atoms with Crippen LogP contribution in [0.15, 0.2) is 35.6 Å². The first-order valence-corrected chi connectivity index (χ1v) is 8.85. The summed E-state index contributed by atoms with van der Waals surface area (Å²) in [6.07, 6.45) is 1.56. The summed E-state index contributed by atoms with van der Waals surface area (Å²) in [6, 6.07) is 5.15. The van der Waals surface area contributed by atoms with Crippen molar-refractivity contribution in [1.82, 2.24) is 10.2 Å². The van der Waals surface area contributed by atoms with Gasteiger partial charge < -0.3 is 24.4 Å². The number of carbonyl (C=O) groups is 1. The predicted molar refractivity (Wildman–Crippen MR) is 102 cm³/mol. The van der Waals surface area contributed by atoms with E-state index in [2.05, 4.69) is 16.8 Å². The Balaban J connectivity index is 2.19. The maximum Gasteiger partial charge on any atom is 0.313 e. The number of esters is 1. The van der Waals surface area contributed by atoms with E-state index in [-0.39, 0.29) is 18.6 Å². The van der Waals surface area contributed by atoms with Gasteiger partial charge in [-0.15, -0.1) is 0 Å². The lowest BCUT2D eigenvalue weighted by atomic mass is 9.66. The lowest BCUT2D eigenvalue weighted by Gasteiger charge is -2.40. The smallest absolute Gasteiger partial charge is 0.313 e. The van der Waals surface area contributed by atoms with Crippen LogP contribution in [0.1, 0.15) is 29.7 Å². The SMILES string of the molecule is C=CCOC(=O)[C@H]1[C@@H](c2ccc(OC)c(OC)c2)c2c([nH][nH]c2=O)C[C@@]1(C)O. The Kier molecular flexibility index (Phi) is 5.33. The quantitative estimate of drug-likeness (QED) is 0.511. The number of methoxy groups -OCH3 is 2. The lowest BCUT2D eigenvalue weighted by Crippen LogP contribution is -2.50. The van der Waals surface area contributed by atoms with E-state index in [1.807, 2.05) is 0 Å². The van der Waals surface area contributed by atoms with E-state index in [0.29, 0.717) is 28.3 Å². The molecule has 3 N–H and O–H groups in total. The van der Waals surface area contributed by atoms with Gasteiger partial charge in [-0.3, -0.25) is 14.7 Å². The third-order valence-electron chi connectivity index (χ3n) is 5.11. The van der Waals surface area contributed by atoms with Crippen LogP contribution in [0.4, 0.5) is 0 Å². The van der Waals surface area contributed by atoms with Gasteiger partial charge in [0, 0.05) is 23.6 Å². The summed E-state index contributed by atoms with van der Waals surface area (Å²) < 4.78 is 15.9. The maximum absolute atomic E-state index is 12.9. The summed E-state index contributed by atoms with van der Waals surface area (Å²) in [4.78, 5) is 25.4. The maximum atomic E-state index is 12.9. The van der Waals surface area contributed by atoms with Crippen molar-refractivity contribution in [3.8, 4) is 11.5 Å². The van der Waals surface area contributed by atoms with Gasteiger partial charge >= 0.3 is 5.97 Å². The van der Waals surface area contributed by atoms with Gasteiger partial charge in [-0.2, -0.15) is 0 Å². The van der Waals surface area contributed by atoms with E-state index in [4.69, 9.17) is 14.2 Å². The van der Waals surface area contributed by atoms with Crippen LogP contribution >= 0.6 is 0 Å². The topological polar surface area (TPSA) is 114 Å². The van der Waals surface area contributed by atoms with Gasteiger partial charge in [0.05, 0.1) is 25.7 Å². The Bertz CT molecular complexity index is 942. The number of H-pyrrole nitrogens is 2. The number of aliphatic hydroxyl groups is 1. The number of benzene rings is 1. The molecule has 1 heterocycles. The van der Waals surface area contributed by atoms with E-state index in [9.17, 15) is 14.7 Å². The molecule has 0 aliphatic heterocycles. The monoisotopic (exact) mass is 388 g/mol. The van der Waals surface area contributed by atoms with Gasteiger partial charge in [0.1, 0.15) is 6.61 Å². The number of carbonyl (C=O) groups excluding carboxylic acids is 1. The first-order valence-electron chi connectivity index (χ1n) is 8.85. The molecule has 2 aromatic rings. The molecule has 8 heteroatoms. The number of fused-ring (bicyclic) bond motifs is 1.